The lowest BCUT2D eigenvalue weighted by atomic mass is 9.97. The molecule has 24 heavy (non-hydrogen) atoms. The molecule has 0 N–H and O–H groups in total. The zero-order valence-electron chi connectivity index (χ0n) is 15.1. The Morgan fingerprint density at radius 3 is 2.25 bits per heavy atom. The Labute approximate surface area is 145 Å². The van der Waals surface area contributed by atoms with Gasteiger partial charge in [-0.15, -0.1) is 0 Å². The number of benzene rings is 1. The van der Waals surface area contributed by atoms with E-state index in [-0.39, 0.29) is 11.7 Å². The third-order valence-corrected chi connectivity index (χ3v) is 6.62. The van der Waals surface area contributed by atoms with Crippen molar-refractivity contribution in [2.24, 2.45) is 0 Å². The highest BCUT2D eigenvalue weighted by Gasteiger charge is 2.25. The van der Waals surface area contributed by atoms with Crippen molar-refractivity contribution in [3.63, 3.8) is 0 Å². The molecule has 1 aromatic rings. The Morgan fingerprint density at radius 2 is 1.67 bits per heavy atom. The van der Waals surface area contributed by atoms with Gasteiger partial charge in [0.2, 0.25) is 15.9 Å². The summed E-state index contributed by atoms with van der Waals surface area (Å²) in [6.45, 7) is 9.80. The van der Waals surface area contributed by atoms with Gasteiger partial charge in [0, 0.05) is 26.2 Å². The molecule has 0 unspecified atom stereocenters. The number of hydrogen-bond acceptors (Lipinski definition) is 3. The van der Waals surface area contributed by atoms with Crippen LogP contribution in [0.5, 0.6) is 0 Å². The molecule has 1 aliphatic heterocycles. The van der Waals surface area contributed by atoms with Gasteiger partial charge >= 0.3 is 0 Å². The first-order valence-corrected chi connectivity index (χ1v) is 10.2. The third kappa shape index (κ3) is 4.36. The molecule has 1 aliphatic rings. The first-order valence-electron chi connectivity index (χ1n) is 8.57. The van der Waals surface area contributed by atoms with Crippen LogP contribution < -0.4 is 0 Å². The van der Waals surface area contributed by atoms with Crippen molar-refractivity contribution in [3.05, 3.63) is 34.4 Å². The van der Waals surface area contributed by atoms with Crippen LogP contribution >= 0.6 is 0 Å². The standard InChI is InChI=1S/C18H28N2O3S/c1-5-24(22,23)20-8-6-7-19(9-10-20)18(21)13-17-15(3)11-14(2)12-16(17)4/h11-12H,5-10,13H2,1-4H3. The number of nitrogens with zero attached hydrogens (tertiary/aromatic N) is 2. The average Bonchev–Trinajstić information content (AvgIpc) is 2.77. The van der Waals surface area contributed by atoms with Crippen molar-refractivity contribution in [2.45, 2.75) is 40.5 Å². The summed E-state index contributed by atoms with van der Waals surface area (Å²) in [5.74, 6) is 0.198. The van der Waals surface area contributed by atoms with Crippen molar-refractivity contribution < 1.29 is 13.2 Å². The Hall–Kier alpha value is -1.40. The van der Waals surface area contributed by atoms with E-state index in [1.54, 1.807) is 6.92 Å². The molecule has 1 amide bonds. The van der Waals surface area contributed by atoms with Gasteiger partial charge < -0.3 is 4.90 Å². The van der Waals surface area contributed by atoms with Gasteiger partial charge in [-0.25, -0.2) is 12.7 Å². The first kappa shape index (κ1) is 18.9. The number of carbonyl (C=O) groups is 1. The predicted molar refractivity (Wildman–Crippen MR) is 96.6 cm³/mol. The van der Waals surface area contributed by atoms with Gasteiger partial charge in [-0.1, -0.05) is 17.7 Å². The Kier molecular flexibility index (Phi) is 6.04. The summed E-state index contributed by atoms with van der Waals surface area (Å²) in [6, 6.07) is 4.21. The lowest BCUT2D eigenvalue weighted by molar-refractivity contribution is -0.130. The molecule has 1 saturated heterocycles. The molecule has 5 nitrogen and oxygen atoms in total. The van der Waals surface area contributed by atoms with E-state index >= 15 is 0 Å². The van der Waals surface area contributed by atoms with Crippen LogP contribution in [0.2, 0.25) is 0 Å². The zero-order valence-corrected chi connectivity index (χ0v) is 15.9. The van der Waals surface area contributed by atoms with E-state index in [9.17, 15) is 13.2 Å². The van der Waals surface area contributed by atoms with Crippen LogP contribution in [0.15, 0.2) is 12.1 Å². The van der Waals surface area contributed by atoms with Gasteiger partial charge in [-0.3, -0.25) is 4.79 Å². The highest BCUT2D eigenvalue weighted by Crippen LogP contribution is 2.18. The molecule has 134 valence electrons. The van der Waals surface area contributed by atoms with Crippen molar-refractivity contribution in [1.82, 2.24) is 9.21 Å². The second-order valence-corrected chi connectivity index (χ2v) is 8.85. The molecule has 0 bridgehead atoms. The lowest BCUT2D eigenvalue weighted by Gasteiger charge is -2.22. The van der Waals surface area contributed by atoms with Crippen LogP contribution in [-0.4, -0.2) is 55.5 Å². The maximum Gasteiger partial charge on any atom is 0.227 e. The Balaban J connectivity index is 2.06. The number of rotatable bonds is 4. The van der Waals surface area contributed by atoms with Gasteiger partial charge in [0.15, 0.2) is 0 Å². The zero-order chi connectivity index (χ0) is 17.9. The second-order valence-electron chi connectivity index (χ2n) is 6.59. The summed E-state index contributed by atoms with van der Waals surface area (Å²) in [6.07, 6.45) is 1.08. The van der Waals surface area contributed by atoms with Crippen molar-refractivity contribution in [3.8, 4) is 0 Å². The van der Waals surface area contributed by atoms with Gasteiger partial charge in [-0.2, -0.15) is 0 Å². The molecule has 0 spiro atoms. The molecule has 0 saturated carbocycles. The number of hydrogen-bond donors (Lipinski definition) is 0. The van der Waals surface area contributed by atoms with Crippen LogP contribution in [-0.2, 0) is 21.2 Å². The van der Waals surface area contributed by atoms with Crippen LogP contribution in [0.4, 0.5) is 0 Å². The average molecular weight is 353 g/mol. The number of carbonyl (C=O) groups excluding carboxylic acids is 1. The van der Waals surface area contributed by atoms with Crippen LogP contribution in [0.3, 0.4) is 0 Å². The predicted octanol–water partition coefficient (Wildman–Crippen LogP) is 2.04. The van der Waals surface area contributed by atoms with E-state index in [0.29, 0.717) is 39.0 Å². The molecule has 6 heteroatoms. The molecule has 0 atom stereocenters. The van der Waals surface area contributed by atoms with E-state index in [2.05, 4.69) is 19.1 Å². The minimum absolute atomic E-state index is 0.0841. The molecule has 2 rings (SSSR count). The van der Waals surface area contributed by atoms with E-state index in [0.717, 1.165) is 16.7 Å². The smallest absolute Gasteiger partial charge is 0.227 e. The fourth-order valence-corrected chi connectivity index (χ4v) is 4.49. The number of aryl methyl sites for hydroxylation is 3. The van der Waals surface area contributed by atoms with E-state index < -0.39 is 10.0 Å². The minimum Gasteiger partial charge on any atom is -0.341 e. The van der Waals surface area contributed by atoms with Gasteiger partial charge in [-0.05, 0) is 50.8 Å². The molecule has 1 heterocycles. The topological polar surface area (TPSA) is 57.7 Å². The largest absolute Gasteiger partial charge is 0.341 e. The van der Waals surface area contributed by atoms with Crippen LogP contribution in [0.25, 0.3) is 0 Å². The van der Waals surface area contributed by atoms with E-state index in [1.807, 2.05) is 18.7 Å². The SMILES string of the molecule is CCS(=O)(=O)N1CCCN(C(=O)Cc2c(C)cc(C)cc2C)CC1. The molecular weight excluding hydrogens is 324 g/mol. The molecule has 1 fully saturated rings. The quantitative estimate of drug-likeness (QED) is 0.833. The normalized spacial score (nSPS) is 16.9. The van der Waals surface area contributed by atoms with Gasteiger partial charge in [0.1, 0.15) is 0 Å². The highest BCUT2D eigenvalue weighted by molar-refractivity contribution is 7.89. The lowest BCUT2D eigenvalue weighted by Crippen LogP contribution is -2.38. The van der Waals surface area contributed by atoms with Crippen molar-refractivity contribution in [2.75, 3.05) is 31.9 Å². The third-order valence-electron chi connectivity index (χ3n) is 4.73. The van der Waals surface area contributed by atoms with Gasteiger partial charge in [0.25, 0.3) is 0 Å². The Bertz CT molecular complexity index is 690. The maximum absolute atomic E-state index is 12.7. The summed E-state index contributed by atoms with van der Waals surface area (Å²) in [5.41, 5.74) is 4.58. The second kappa shape index (κ2) is 7.66. The summed E-state index contributed by atoms with van der Waals surface area (Å²) in [5, 5.41) is 0. The summed E-state index contributed by atoms with van der Waals surface area (Å²) in [7, 11) is -3.18. The Morgan fingerprint density at radius 1 is 1.04 bits per heavy atom. The fraction of sp³-hybridized carbons (Fsp3) is 0.611. The molecule has 1 aromatic carbocycles. The number of amides is 1. The summed E-state index contributed by atoms with van der Waals surface area (Å²) < 4.78 is 25.6. The number of sulfonamides is 1. The minimum atomic E-state index is -3.18. The molecule has 0 aliphatic carbocycles. The fourth-order valence-electron chi connectivity index (χ4n) is 3.36. The monoisotopic (exact) mass is 352 g/mol. The van der Waals surface area contributed by atoms with Gasteiger partial charge in [0.05, 0.1) is 12.2 Å². The van der Waals surface area contributed by atoms with E-state index in [4.69, 9.17) is 0 Å². The molecule has 0 radical (unpaired) electrons. The van der Waals surface area contributed by atoms with E-state index in [1.165, 1.54) is 9.87 Å². The molecule has 0 aromatic heterocycles. The first-order chi connectivity index (χ1) is 11.2. The summed E-state index contributed by atoms with van der Waals surface area (Å²) >= 11 is 0. The van der Waals surface area contributed by atoms with Crippen LogP contribution in [0.1, 0.15) is 35.6 Å². The van der Waals surface area contributed by atoms with Crippen molar-refractivity contribution >= 4 is 15.9 Å². The molecular formula is C18H28N2O3S. The van der Waals surface area contributed by atoms with Crippen LogP contribution in [0, 0.1) is 20.8 Å². The highest BCUT2D eigenvalue weighted by atomic mass is 32.2. The maximum atomic E-state index is 12.7. The van der Waals surface area contributed by atoms with Crippen molar-refractivity contribution in [1.29, 1.82) is 0 Å². The summed E-state index contributed by atoms with van der Waals surface area (Å²) in [4.78, 5) is 14.5.